The van der Waals surface area contributed by atoms with Crippen LogP contribution in [0.1, 0.15) is 26.7 Å². The van der Waals surface area contributed by atoms with Crippen LogP contribution >= 0.6 is 0 Å². The van der Waals surface area contributed by atoms with Crippen LogP contribution in [0.2, 0.25) is 0 Å². The summed E-state index contributed by atoms with van der Waals surface area (Å²) in [6, 6.07) is 8.56. The zero-order valence-electron chi connectivity index (χ0n) is 9.76. The standard InChI is InChI=1S/C13H17FN2/c1-13(2,7-4-8-15)10-16-12-6-3-5-11(14)9-12/h3,5-6,9,16H,4,7,10H2,1-2H3. The third-order valence-corrected chi connectivity index (χ3v) is 2.51. The van der Waals surface area contributed by atoms with Crippen molar-refractivity contribution in [3.8, 4) is 6.07 Å². The Hall–Kier alpha value is -1.56. The second-order valence-corrected chi connectivity index (χ2v) is 4.69. The minimum atomic E-state index is -0.236. The maximum absolute atomic E-state index is 12.9. The molecule has 1 aromatic rings. The van der Waals surface area contributed by atoms with E-state index in [1.807, 2.05) is 6.07 Å². The topological polar surface area (TPSA) is 35.8 Å². The van der Waals surface area contributed by atoms with Crippen molar-refractivity contribution >= 4 is 5.69 Å². The average molecular weight is 220 g/mol. The number of hydrogen-bond donors (Lipinski definition) is 1. The summed E-state index contributed by atoms with van der Waals surface area (Å²) in [4.78, 5) is 0. The normalized spacial score (nSPS) is 10.9. The van der Waals surface area contributed by atoms with E-state index in [0.29, 0.717) is 6.42 Å². The minimum absolute atomic E-state index is 0.0437. The van der Waals surface area contributed by atoms with Gasteiger partial charge >= 0.3 is 0 Å². The second-order valence-electron chi connectivity index (χ2n) is 4.69. The minimum Gasteiger partial charge on any atom is -0.384 e. The zero-order valence-corrected chi connectivity index (χ0v) is 9.76. The van der Waals surface area contributed by atoms with E-state index in [4.69, 9.17) is 5.26 Å². The van der Waals surface area contributed by atoms with Crippen molar-refractivity contribution in [2.24, 2.45) is 5.41 Å². The number of nitrogens with one attached hydrogen (secondary N) is 1. The third kappa shape index (κ3) is 4.31. The summed E-state index contributed by atoms with van der Waals surface area (Å²) in [5.74, 6) is -0.236. The van der Waals surface area contributed by atoms with E-state index >= 15 is 0 Å². The van der Waals surface area contributed by atoms with Gasteiger partial charge in [-0.05, 0) is 30.0 Å². The SMILES string of the molecule is CC(C)(CCC#N)CNc1cccc(F)c1. The maximum Gasteiger partial charge on any atom is 0.125 e. The molecule has 1 aromatic carbocycles. The van der Waals surface area contributed by atoms with Crippen LogP contribution < -0.4 is 5.32 Å². The molecule has 0 aliphatic rings. The van der Waals surface area contributed by atoms with Crippen molar-refractivity contribution in [2.45, 2.75) is 26.7 Å². The number of anilines is 1. The van der Waals surface area contributed by atoms with Gasteiger partial charge in [-0.15, -0.1) is 0 Å². The lowest BCUT2D eigenvalue weighted by Crippen LogP contribution is -2.22. The number of rotatable bonds is 5. The number of nitriles is 1. The van der Waals surface area contributed by atoms with Crippen molar-refractivity contribution < 1.29 is 4.39 Å². The van der Waals surface area contributed by atoms with Gasteiger partial charge in [0.15, 0.2) is 0 Å². The molecule has 0 amide bonds. The van der Waals surface area contributed by atoms with Crippen LogP contribution in [0.25, 0.3) is 0 Å². The lowest BCUT2D eigenvalue weighted by atomic mass is 9.88. The van der Waals surface area contributed by atoms with Crippen LogP contribution in [-0.2, 0) is 0 Å². The van der Waals surface area contributed by atoms with E-state index in [2.05, 4.69) is 25.2 Å². The second kappa shape index (κ2) is 5.50. The zero-order chi connectivity index (χ0) is 12.0. The fourth-order valence-corrected chi connectivity index (χ4v) is 1.42. The highest BCUT2D eigenvalue weighted by atomic mass is 19.1. The van der Waals surface area contributed by atoms with Crippen LogP contribution in [0.15, 0.2) is 24.3 Å². The van der Waals surface area contributed by atoms with Gasteiger partial charge in [-0.25, -0.2) is 4.39 Å². The van der Waals surface area contributed by atoms with Crippen molar-refractivity contribution in [1.29, 1.82) is 5.26 Å². The molecular weight excluding hydrogens is 203 g/mol. The summed E-state index contributed by atoms with van der Waals surface area (Å²) < 4.78 is 12.9. The van der Waals surface area contributed by atoms with E-state index in [-0.39, 0.29) is 11.2 Å². The van der Waals surface area contributed by atoms with Gasteiger partial charge in [0.05, 0.1) is 6.07 Å². The summed E-state index contributed by atoms with van der Waals surface area (Å²) in [5, 5.41) is 11.7. The molecule has 0 saturated heterocycles. The first kappa shape index (κ1) is 12.5. The molecule has 0 radical (unpaired) electrons. The van der Waals surface area contributed by atoms with E-state index in [9.17, 15) is 4.39 Å². The number of halogens is 1. The van der Waals surface area contributed by atoms with Crippen LogP contribution in [0, 0.1) is 22.6 Å². The third-order valence-electron chi connectivity index (χ3n) is 2.51. The molecule has 1 N–H and O–H groups in total. The predicted molar refractivity (Wildman–Crippen MR) is 63.5 cm³/mol. The van der Waals surface area contributed by atoms with E-state index < -0.39 is 0 Å². The predicted octanol–water partition coefficient (Wildman–Crippen LogP) is 3.57. The Bertz CT molecular complexity index is 380. The highest BCUT2D eigenvalue weighted by Crippen LogP contribution is 2.22. The quantitative estimate of drug-likeness (QED) is 0.823. The molecule has 0 aromatic heterocycles. The lowest BCUT2D eigenvalue weighted by Gasteiger charge is -2.24. The summed E-state index contributed by atoms with van der Waals surface area (Å²) in [7, 11) is 0. The molecule has 16 heavy (non-hydrogen) atoms. The highest BCUT2D eigenvalue weighted by Gasteiger charge is 2.16. The first-order valence-corrected chi connectivity index (χ1v) is 5.40. The largest absolute Gasteiger partial charge is 0.384 e. The van der Waals surface area contributed by atoms with Gasteiger partial charge in [0.2, 0.25) is 0 Å². The van der Waals surface area contributed by atoms with E-state index in [0.717, 1.165) is 18.7 Å². The van der Waals surface area contributed by atoms with E-state index in [1.165, 1.54) is 12.1 Å². The molecular formula is C13H17FN2. The fraction of sp³-hybridized carbons (Fsp3) is 0.462. The molecule has 0 spiro atoms. The molecule has 0 fully saturated rings. The van der Waals surface area contributed by atoms with Gasteiger partial charge in [0.1, 0.15) is 5.82 Å². The summed E-state index contributed by atoms with van der Waals surface area (Å²) in [6.45, 7) is 4.92. The maximum atomic E-state index is 12.9. The first-order chi connectivity index (χ1) is 7.53. The fourth-order valence-electron chi connectivity index (χ4n) is 1.42. The molecule has 0 heterocycles. The van der Waals surface area contributed by atoms with Gasteiger partial charge < -0.3 is 5.32 Å². The molecule has 0 aliphatic carbocycles. The highest BCUT2D eigenvalue weighted by molar-refractivity contribution is 5.43. The molecule has 2 nitrogen and oxygen atoms in total. The van der Waals surface area contributed by atoms with Gasteiger partial charge in [-0.3, -0.25) is 0 Å². The van der Waals surface area contributed by atoms with Gasteiger partial charge in [0, 0.05) is 18.7 Å². The summed E-state index contributed by atoms with van der Waals surface area (Å²) >= 11 is 0. The Kier molecular flexibility index (Phi) is 4.30. The van der Waals surface area contributed by atoms with Gasteiger partial charge in [-0.2, -0.15) is 5.26 Å². The van der Waals surface area contributed by atoms with Crippen LogP contribution in [0.3, 0.4) is 0 Å². The Morgan fingerprint density at radius 2 is 2.19 bits per heavy atom. The van der Waals surface area contributed by atoms with Crippen molar-refractivity contribution in [3.05, 3.63) is 30.1 Å². The average Bonchev–Trinajstić information content (AvgIpc) is 2.24. The Labute approximate surface area is 96.1 Å². The van der Waals surface area contributed by atoms with Crippen molar-refractivity contribution in [1.82, 2.24) is 0 Å². The van der Waals surface area contributed by atoms with E-state index in [1.54, 1.807) is 6.07 Å². The smallest absolute Gasteiger partial charge is 0.125 e. The lowest BCUT2D eigenvalue weighted by molar-refractivity contribution is 0.364. The molecule has 0 bridgehead atoms. The number of benzene rings is 1. The Morgan fingerprint density at radius 3 is 2.81 bits per heavy atom. The number of hydrogen-bond acceptors (Lipinski definition) is 2. The van der Waals surface area contributed by atoms with Gasteiger partial charge in [0.25, 0.3) is 0 Å². The summed E-state index contributed by atoms with van der Waals surface area (Å²) in [6.07, 6.45) is 1.39. The number of nitrogens with zero attached hydrogens (tertiary/aromatic N) is 1. The molecule has 1 rings (SSSR count). The monoisotopic (exact) mass is 220 g/mol. The van der Waals surface area contributed by atoms with Crippen LogP contribution in [0.5, 0.6) is 0 Å². The van der Waals surface area contributed by atoms with Gasteiger partial charge in [-0.1, -0.05) is 19.9 Å². The van der Waals surface area contributed by atoms with Crippen LogP contribution in [0.4, 0.5) is 10.1 Å². The molecule has 0 aliphatic heterocycles. The Balaban J connectivity index is 2.48. The van der Waals surface area contributed by atoms with Crippen molar-refractivity contribution in [2.75, 3.05) is 11.9 Å². The molecule has 86 valence electrons. The van der Waals surface area contributed by atoms with Crippen LogP contribution in [-0.4, -0.2) is 6.54 Å². The molecule has 0 unspecified atom stereocenters. The molecule has 0 atom stereocenters. The molecule has 3 heteroatoms. The Morgan fingerprint density at radius 1 is 1.44 bits per heavy atom. The molecule has 0 saturated carbocycles. The first-order valence-electron chi connectivity index (χ1n) is 5.40. The van der Waals surface area contributed by atoms with Crippen molar-refractivity contribution in [3.63, 3.8) is 0 Å². The summed E-state index contributed by atoms with van der Waals surface area (Å²) in [5.41, 5.74) is 0.826.